The maximum absolute atomic E-state index is 13.4. The van der Waals surface area contributed by atoms with E-state index in [9.17, 15) is 13.6 Å². The quantitative estimate of drug-likeness (QED) is 0.644. The Balaban J connectivity index is 1.63. The lowest BCUT2D eigenvalue weighted by Crippen LogP contribution is -2.13. The summed E-state index contributed by atoms with van der Waals surface area (Å²) < 4.78 is 28.8. The van der Waals surface area contributed by atoms with Crippen LogP contribution in [-0.2, 0) is 13.0 Å². The van der Waals surface area contributed by atoms with Crippen molar-refractivity contribution in [1.29, 1.82) is 0 Å². The van der Waals surface area contributed by atoms with Crippen LogP contribution in [0.1, 0.15) is 35.4 Å². The Labute approximate surface area is 153 Å². The summed E-state index contributed by atoms with van der Waals surface area (Å²) in [5.74, 6) is -1.75. The first-order valence-corrected chi connectivity index (χ1v) is 8.86. The molecule has 0 bridgehead atoms. The van der Waals surface area contributed by atoms with Crippen molar-refractivity contribution in [3.05, 3.63) is 58.4 Å². The molecular formula is C19H16ClF2N3O. The van der Waals surface area contributed by atoms with E-state index < -0.39 is 17.5 Å². The molecule has 1 aliphatic heterocycles. The lowest BCUT2D eigenvalue weighted by molar-refractivity contribution is 0.102. The summed E-state index contributed by atoms with van der Waals surface area (Å²) in [6.45, 7) is 0.946. The number of nitrogens with one attached hydrogen (secondary N) is 1. The van der Waals surface area contributed by atoms with E-state index in [1.807, 2.05) is 6.07 Å². The molecule has 0 atom stereocenters. The molecule has 3 aromatic rings. The molecule has 0 unspecified atom stereocenters. The van der Waals surface area contributed by atoms with Crippen molar-refractivity contribution in [2.24, 2.45) is 0 Å². The Hall–Kier alpha value is -2.47. The molecule has 1 amide bonds. The summed E-state index contributed by atoms with van der Waals surface area (Å²) in [5, 5.41) is 2.53. The second-order valence-electron chi connectivity index (χ2n) is 6.39. The first-order valence-electron chi connectivity index (χ1n) is 8.48. The lowest BCUT2D eigenvalue weighted by atomic mass is 10.2. The van der Waals surface area contributed by atoms with E-state index in [1.165, 1.54) is 6.42 Å². The van der Waals surface area contributed by atoms with Crippen molar-refractivity contribution >= 4 is 34.2 Å². The van der Waals surface area contributed by atoms with Gasteiger partial charge in [-0.05, 0) is 43.2 Å². The maximum atomic E-state index is 13.4. The first-order chi connectivity index (χ1) is 12.5. The number of fused-ring (bicyclic) bond motifs is 3. The molecule has 2 heterocycles. The Morgan fingerprint density at radius 1 is 1.12 bits per heavy atom. The highest BCUT2D eigenvalue weighted by Gasteiger charge is 2.17. The van der Waals surface area contributed by atoms with Gasteiger partial charge in [0.1, 0.15) is 5.82 Å². The SMILES string of the molecule is O=C(Nc1ccc2c(c1)nc1n2CCCCC1)c1cc(F)c(F)cc1Cl. The number of hydrogen-bond donors (Lipinski definition) is 1. The Morgan fingerprint density at radius 2 is 1.92 bits per heavy atom. The number of nitrogens with zero attached hydrogens (tertiary/aromatic N) is 2. The van der Waals surface area contributed by atoms with Crippen LogP contribution in [0.15, 0.2) is 30.3 Å². The molecule has 0 spiro atoms. The molecule has 4 rings (SSSR count). The van der Waals surface area contributed by atoms with E-state index in [-0.39, 0.29) is 10.6 Å². The fourth-order valence-corrected chi connectivity index (χ4v) is 3.56. The van der Waals surface area contributed by atoms with Gasteiger partial charge in [0, 0.05) is 18.7 Å². The highest BCUT2D eigenvalue weighted by molar-refractivity contribution is 6.34. The molecule has 0 saturated heterocycles. The summed E-state index contributed by atoms with van der Waals surface area (Å²) in [7, 11) is 0. The van der Waals surface area contributed by atoms with Gasteiger partial charge in [-0.1, -0.05) is 18.0 Å². The van der Waals surface area contributed by atoms with E-state index in [1.54, 1.807) is 12.1 Å². The van der Waals surface area contributed by atoms with Gasteiger partial charge in [0.25, 0.3) is 5.91 Å². The average Bonchev–Trinajstić information content (AvgIpc) is 2.78. The van der Waals surface area contributed by atoms with Crippen molar-refractivity contribution in [3.8, 4) is 0 Å². The van der Waals surface area contributed by atoms with Crippen molar-refractivity contribution < 1.29 is 13.6 Å². The molecule has 2 aromatic carbocycles. The molecule has 1 aliphatic rings. The molecule has 1 N–H and O–H groups in total. The minimum absolute atomic E-state index is 0.119. The van der Waals surface area contributed by atoms with E-state index in [4.69, 9.17) is 11.6 Å². The number of carbonyl (C=O) groups is 1. The van der Waals surface area contributed by atoms with Crippen LogP contribution >= 0.6 is 11.6 Å². The molecule has 0 aliphatic carbocycles. The van der Waals surface area contributed by atoms with Gasteiger partial charge in [-0.25, -0.2) is 13.8 Å². The summed E-state index contributed by atoms with van der Waals surface area (Å²) >= 11 is 5.86. The van der Waals surface area contributed by atoms with Crippen molar-refractivity contribution in [3.63, 3.8) is 0 Å². The lowest BCUT2D eigenvalue weighted by Gasteiger charge is -2.08. The van der Waals surface area contributed by atoms with Crippen molar-refractivity contribution in [2.45, 2.75) is 32.2 Å². The van der Waals surface area contributed by atoms with Gasteiger partial charge in [-0.15, -0.1) is 0 Å². The van der Waals surface area contributed by atoms with E-state index in [0.29, 0.717) is 5.69 Å². The average molecular weight is 376 g/mol. The zero-order chi connectivity index (χ0) is 18.3. The summed E-state index contributed by atoms with van der Waals surface area (Å²) in [6.07, 6.45) is 4.40. The fourth-order valence-electron chi connectivity index (χ4n) is 3.32. The molecule has 4 nitrogen and oxygen atoms in total. The Morgan fingerprint density at radius 3 is 2.77 bits per heavy atom. The van der Waals surface area contributed by atoms with Gasteiger partial charge in [-0.3, -0.25) is 4.79 Å². The van der Waals surface area contributed by atoms with Gasteiger partial charge < -0.3 is 9.88 Å². The van der Waals surface area contributed by atoms with E-state index in [2.05, 4.69) is 14.9 Å². The maximum Gasteiger partial charge on any atom is 0.257 e. The van der Waals surface area contributed by atoms with Gasteiger partial charge in [0.15, 0.2) is 11.6 Å². The summed E-state index contributed by atoms with van der Waals surface area (Å²) in [4.78, 5) is 17.0. The standard InChI is InChI=1S/C19H16ClF2N3O/c20-13-10-15(22)14(21)9-12(13)19(26)23-11-5-6-17-16(8-11)24-18-4-2-1-3-7-25(17)18/h5-6,8-10H,1-4,7H2,(H,23,26). The Kier molecular flexibility index (Phi) is 4.36. The van der Waals surface area contributed by atoms with Crippen LogP contribution in [-0.4, -0.2) is 15.5 Å². The number of carbonyl (C=O) groups excluding carboxylic acids is 1. The van der Waals surface area contributed by atoms with Crippen LogP contribution in [0.3, 0.4) is 0 Å². The smallest absolute Gasteiger partial charge is 0.257 e. The number of benzene rings is 2. The monoisotopic (exact) mass is 375 g/mol. The molecule has 0 saturated carbocycles. The van der Waals surface area contributed by atoms with Crippen LogP contribution < -0.4 is 5.32 Å². The number of aromatic nitrogens is 2. The molecular weight excluding hydrogens is 360 g/mol. The topological polar surface area (TPSA) is 46.9 Å². The van der Waals surface area contributed by atoms with Gasteiger partial charge in [0.2, 0.25) is 0 Å². The Bertz CT molecular complexity index is 1020. The predicted octanol–water partition coefficient (Wildman–Crippen LogP) is 4.95. The molecule has 1 aromatic heterocycles. The normalized spacial score (nSPS) is 14.1. The molecule has 26 heavy (non-hydrogen) atoms. The van der Waals surface area contributed by atoms with Gasteiger partial charge in [0.05, 0.1) is 21.6 Å². The number of halogens is 3. The number of anilines is 1. The van der Waals surface area contributed by atoms with Crippen LogP contribution in [0.2, 0.25) is 5.02 Å². The van der Waals surface area contributed by atoms with E-state index in [0.717, 1.165) is 54.8 Å². The molecule has 0 radical (unpaired) electrons. The van der Waals surface area contributed by atoms with Gasteiger partial charge >= 0.3 is 0 Å². The minimum Gasteiger partial charge on any atom is -0.328 e. The highest BCUT2D eigenvalue weighted by Crippen LogP contribution is 2.26. The number of hydrogen-bond acceptors (Lipinski definition) is 2. The first kappa shape index (κ1) is 17.0. The van der Waals surface area contributed by atoms with Crippen LogP contribution in [0.5, 0.6) is 0 Å². The number of rotatable bonds is 2. The van der Waals surface area contributed by atoms with Crippen LogP contribution in [0.25, 0.3) is 11.0 Å². The van der Waals surface area contributed by atoms with Gasteiger partial charge in [-0.2, -0.15) is 0 Å². The number of aryl methyl sites for hydroxylation is 2. The second-order valence-corrected chi connectivity index (χ2v) is 6.80. The largest absolute Gasteiger partial charge is 0.328 e. The minimum atomic E-state index is -1.12. The number of amides is 1. The summed E-state index contributed by atoms with van der Waals surface area (Å²) in [6, 6.07) is 7.06. The number of imidazole rings is 1. The third-order valence-electron chi connectivity index (χ3n) is 4.62. The third kappa shape index (κ3) is 3.05. The van der Waals surface area contributed by atoms with Crippen LogP contribution in [0.4, 0.5) is 14.5 Å². The zero-order valence-electron chi connectivity index (χ0n) is 13.9. The third-order valence-corrected chi connectivity index (χ3v) is 4.93. The van der Waals surface area contributed by atoms with E-state index >= 15 is 0 Å². The zero-order valence-corrected chi connectivity index (χ0v) is 14.6. The van der Waals surface area contributed by atoms with Crippen LogP contribution in [0, 0.1) is 11.6 Å². The summed E-state index contributed by atoms with van der Waals surface area (Å²) in [5.41, 5.74) is 2.24. The van der Waals surface area contributed by atoms with Crippen molar-refractivity contribution in [1.82, 2.24) is 9.55 Å². The predicted molar refractivity (Wildman–Crippen MR) is 96.6 cm³/mol. The highest BCUT2D eigenvalue weighted by atomic mass is 35.5. The fraction of sp³-hybridized carbons (Fsp3) is 0.263. The molecule has 134 valence electrons. The molecule has 7 heteroatoms. The van der Waals surface area contributed by atoms with Crippen molar-refractivity contribution in [2.75, 3.05) is 5.32 Å². The molecule has 0 fully saturated rings. The second kappa shape index (κ2) is 6.68.